The molecule has 31 heavy (non-hydrogen) atoms. The average molecular weight is 475 g/mol. The van der Waals surface area contributed by atoms with Crippen molar-refractivity contribution in [2.75, 3.05) is 0 Å². The maximum absolute atomic E-state index is 6.29. The second kappa shape index (κ2) is 9.80. The van der Waals surface area contributed by atoms with Crippen LogP contribution in [0.25, 0.3) is 17.1 Å². The Morgan fingerprint density at radius 3 is 2.77 bits per heavy atom. The molecule has 7 nitrogen and oxygen atoms in total. The van der Waals surface area contributed by atoms with Gasteiger partial charge in [-0.15, -0.1) is 10.2 Å². The number of unbranched alkanes of at least 4 members (excludes halogenated alkanes) is 1. The van der Waals surface area contributed by atoms with E-state index in [2.05, 4.69) is 32.2 Å². The molecule has 4 rings (SSSR count). The minimum Gasteiger partial charge on any atom is -0.338 e. The van der Waals surface area contributed by atoms with Crippen LogP contribution in [-0.2, 0) is 6.42 Å². The van der Waals surface area contributed by atoms with Gasteiger partial charge in [0.05, 0.1) is 21.0 Å². The summed E-state index contributed by atoms with van der Waals surface area (Å²) in [5.74, 6) is 1.93. The molecule has 0 aliphatic heterocycles. The van der Waals surface area contributed by atoms with Crippen molar-refractivity contribution >= 4 is 35.0 Å². The van der Waals surface area contributed by atoms with E-state index in [0.717, 1.165) is 36.3 Å². The van der Waals surface area contributed by atoms with E-state index >= 15 is 0 Å². The number of rotatable bonds is 8. The molecule has 0 fully saturated rings. The topological polar surface area (TPSA) is 82.5 Å². The van der Waals surface area contributed by atoms with Gasteiger partial charge in [-0.3, -0.25) is 9.55 Å². The van der Waals surface area contributed by atoms with Crippen LogP contribution < -0.4 is 0 Å². The van der Waals surface area contributed by atoms with E-state index in [1.54, 1.807) is 24.5 Å². The summed E-state index contributed by atoms with van der Waals surface area (Å²) < 4.78 is 7.40. The zero-order valence-electron chi connectivity index (χ0n) is 17.0. The van der Waals surface area contributed by atoms with Gasteiger partial charge in [-0.2, -0.15) is 4.98 Å². The quantitative estimate of drug-likeness (QED) is 0.280. The van der Waals surface area contributed by atoms with Crippen molar-refractivity contribution in [3.63, 3.8) is 0 Å². The van der Waals surface area contributed by atoms with E-state index in [4.69, 9.17) is 27.7 Å². The van der Waals surface area contributed by atoms with E-state index in [1.165, 1.54) is 11.8 Å². The normalized spacial score (nSPS) is 12.3. The van der Waals surface area contributed by atoms with Crippen molar-refractivity contribution in [3.05, 3.63) is 64.5 Å². The maximum atomic E-state index is 6.29. The molecule has 0 N–H and O–H groups in total. The van der Waals surface area contributed by atoms with Crippen LogP contribution in [0.2, 0.25) is 10.0 Å². The summed E-state index contributed by atoms with van der Waals surface area (Å²) in [6, 6.07) is 9.21. The predicted molar refractivity (Wildman–Crippen MR) is 122 cm³/mol. The van der Waals surface area contributed by atoms with Gasteiger partial charge in [-0.25, -0.2) is 0 Å². The number of thioether (sulfide) groups is 1. The number of pyridine rings is 1. The summed E-state index contributed by atoms with van der Waals surface area (Å²) in [4.78, 5) is 8.74. The van der Waals surface area contributed by atoms with Crippen LogP contribution in [0.5, 0.6) is 0 Å². The first-order valence-electron chi connectivity index (χ1n) is 9.87. The number of aryl methyl sites for hydroxylation is 1. The number of nitrogens with zero attached hydrogens (tertiary/aromatic N) is 6. The molecule has 10 heteroatoms. The van der Waals surface area contributed by atoms with Crippen LogP contribution in [-0.4, -0.2) is 29.9 Å². The van der Waals surface area contributed by atoms with Crippen LogP contribution >= 0.6 is 35.0 Å². The Morgan fingerprint density at radius 1 is 1.16 bits per heavy atom. The number of hydrogen-bond donors (Lipinski definition) is 0. The summed E-state index contributed by atoms with van der Waals surface area (Å²) in [7, 11) is 0. The van der Waals surface area contributed by atoms with Gasteiger partial charge in [-0.05, 0) is 43.7 Å². The highest BCUT2D eigenvalue weighted by molar-refractivity contribution is 7.99. The highest BCUT2D eigenvalue weighted by Crippen LogP contribution is 2.37. The van der Waals surface area contributed by atoms with Crippen molar-refractivity contribution in [1.29, 1.82) is 0 Å². The first-order valence-corrected chi connectivity index (χ1v) is 11.5. The molecule has 0 aliphatic rings. The smallest absolute Gasteiger partial charge is 0.239 e. The van der Waals surface area contributed by atoms with E-state index in [1.807, 2.05) is 29.7 Å². The van der Waals surface area contributed by atoms with Crippen LogP contribution in [0.4, 0.5) is 0 Å². The molecule has 160 valence electrons. The first-order chi connectivity index (χ1) is 15.1. The Morgan fingerprint density at radius 2 is 2.03 bits per heavy atom. The molecule has 1 unspecified atom stereocenters. The number of hydrogen-bond acceptors (Lipinski definition) is 7. The lowest BCUT2D eigenvalue weighted by atomic mass is 10.2. The summed E-state index contributed by atoms with van der Waals surface area (Å²) >= 11 is 13.9. The van der Waals surface area contributed by atoms with Crippen molar-refractivity contribution in [3.8, 4) is 17.1 Å². The van der Waals surface area contributed by atoms with Gasteiger partial charge in [0.1, 0.15) is 0 Å². The largest absolute Gasteiger partial charge is 0.338 e. The van der Waals surface area contributed by atoms with Gasteiger partial charge in [-0.1, -0.05) is 53.5 Å². The first kappa shape index (κ1) is 21.8. The molecule has 1 atom stereocenters. The molecule has 0 saturated carbocycles. The zero-order chi connectivity index (χ0) is 21.8. The second-order valence-corrected chi connectivity index (χ2v) is 9.02. The van der Waals surface area contributed by atoms with Crippen molar-refractivity contribution in [1.82, 2.24) is 29.9 Å². The lowest BCUT2D eigenvalue weighted by Crippen LogP contribution is -2.01. The van der Waals surface area contributed by atoms with E-state index in [-0.39, 0.29) is 5.25 Å². The molecule has 0 spiro atoms. The van der Waals surface area contributed by atoms with E-state index in [9.17, 15) is 0 Å². The molecular weight excluding hydrogens is 455 g/mol. The highest BCUT2D eigenvalue weighted by atomic mass is 35.5. The molecule has 3 heterocycles. The fourth-order valence-corrected chi connectivity index (χ4v) is 4.15. The maximum Gasteiger partial charge on any atom is 0.239 e. The molecule has 3 aromatic heterocycles. The van der Waals surface area contributed by atoms with Gasteiger partial charge >= 0.3 is 0 Å². The van der Waals surface area contributed by atoms with E-state index < -0.39 is 0 Å². The van der Waals surface area contributed by atoms with Crippen LogP contribution in [0.1, 0.15) is 43.7 Å². The SMILES string of the molecule is CCCCc1noc(C(C)Sc2nnc(-c3cccnc3)n2-c2ccc(Cl)c(Cl)c2)n1. The summed E-state index contributed by atoms with van der Waals surface area (Å²) in [6.07, 6.45) is 6.38. The Kier molecular flexibility index (Phi) is 6.89. The average Bonchev–Trinajstić information content (AvgIpc) is 3.42. The van der Waals surface area contributed by atoms with Gasteiger partial charge < -0.3 is 4.52 Å². The monoisotopic (exact) mass is 474 g/mol. The Balaban J connectivity index is 1.69. The number of aromatic nitrogens is 6. The Bertz CT molecular complexity index is 1160. The Hall–Kier alpha value is -2.42. The summed E-state index contributed by atoms with van der Waals surface area (Å²) in [5.41, 5.74) is 1.63. The summed E-state index contributed by atoms with van der Waals surface area (Å²) in [6.45, 7) is 4.13. The molecule has 0 amide bonds. The molecular formula is C21H20Cl2N6OS. The molecule has 4 aromatic rings. The van der Waals surface area contributed by atoms with Gasteiger partial charge in [0.15, 0.2) is 16.8 Å². The molecule has 0 saturated heterocycles. The second-order valence-electron chi connectivity index (χ2n) is 6.89. The predicted octanol–water partition coefficient (Wildman–Crippen LogP) is 6.22. The lowest BCUT2D eigenvalue weighted by Gasteiger charge is -2.12. The van der Waals surface area contributed by atoms with Crippen molar-refractivity contribution in [2.24, 2.45) is 0 Å². The minimum absolute atomic E-state index is 0.115. The molecule has 1 aromatic carbocycles. The fourth-order valence-electron chi connectivity index (χ4n) is 2.96. The van der Waals surface area contributed by atoms with Crippen LogP contribution in [0.15, 0.2) is 52.4 Å². The zero-order valence-corrected chi connectivity index (χ0v) is 19.3. The molecule has 0 bridgehead atoms. The van der Waals surface area contributed by atoms with Gasteiger partial charge in [0, 0.05) is 24.4 Å². The van der Waals surface area contributed by atoms with Crippen molar-refractivity contribution < 1.29 is 4.52 Å². The standard InChI is InChI=1S/C21H20Cl2N6OS/c1-3-4-7-18-25-20(30-28-18)13(2)31-21-27-26-19(14-6-5-10-24-12-14)29(21)15-8-9-16(22)17(23)11-15/h5-6,8-13H,3-4,7H2,1-2H3. The third-order valence-corrected chi connectivity index (χ3v) is 6.35. The number of halogens is 2. The van der Waals surface area contributed by atoms with Crippen LogP contribution in [0, 0.1) is 0 Å². The lowest BCUT2D eigenvalue weighted by molar-refractivity contribution is 0.374. The van der Waals surface area contributed by atoms with Gasteiger partial charge in [0.25, 0.3) is 0 Å². The van der Waals surface area contributed by atoms with Crippen LogP contribution in [0.3, 0.4) is 0 Å². The Labute approximate surface area is 194 Å². The number of benzene rings is 1. The van der Waals surface area contributed by atoms with E-state index in [0.29, 0.717) is 26.9 Å². The third-order valence-electron chi connectivity index (χ3n) is 4.58. The van der Waals surface area contributed by atoms with Crippen molar-refractivity contribution in [2.45, 2.75) is 43.5 Å². The molecule has 0 radical (unpaired) electrons. The minimum atomic E-state index is -0.115. The highest BCUT2D eigenvalue weighted by Gasteiger charge is 2.22. The third kappa shape index (κ3) is 4.92. The molecule has 0 aliphatic carbocycles. The fraction of sp³-hybridized carbons (Fsp3) is 0.286. The summed E-state index contributed by atoms with van der Waals surface area (Å²) in [5, 5.41) is 14.4. The van der Waals surface area contributed by atoms with Gasteiger partial charge in [0.2, 0.25) is 5.89 Å².